The van der Waals surface area contributed by atoms with Crippen LogP contribution in [0, 0.1) is 0 Å². The van der Waals surface area contributed by atoms with Gasteiger partial charge >= 0.3 is 5.97 Å². The lowest BCUT2D eigenvalue weighted by Crippen LogP contribution is -2.45. The van der Waals surface area contributed by atoms with Crippen LogP contribution < -0.4 is 5.32 Å². The molecule has 0 saturated heterocycles. The smallest absolute Gasteiger partial charge is 0.329 e. The van der Waals surface area contributed by atoms with E-state index in [1.807, 2.05) is 48.5 Å². The molecule has 2 N–H and O–H groups in total. The number of benzene rings is 2. The lowest BCUT2D eigenvalue weighted by molar-refractivity contribution is -0.141. The summed E-state index contributed by atoms with van der Waals surface area (Å²) in [5, 5.41) is 12.7. The number of halogens is 2. The Morgan fingerprint density at radius 3 is 2.00 bits per heavy atom. The summed E-state index contributed by atoms with van der Waals surface area (Å²) in [4.78, 5) is 11.7. The zero-order valence-electron chi connectivity index (χ0n) is 11.4. The highest BCUT2D eigenvalue weighted by Gasteiger charge is 2.33. The van der Waals surface area contributed by atoms with Gasteiger partial charge in [0.05, 0.1) is 0 Å². The fraction of sp³-hybridized carbons (Fsp3) is 0.188. The van der Waals surface area contributed by atoms with Gasteiger partial charge in [-0.15, -0.1) is 0 Å². The SMILES string of the molecule is CC(Cc1ccc(Br)cc1)(Nc1ccc(Br)cc1)C(=O)O. The van der Waals surface area contributed by atoms with Gasteiger partial charge in [0.2, 0.25) is 0 Å². The molecule has 0 radical (unpaired) electrons. The standard InChI is InChI=1S/C16H15Br2NO2/c1-16(15(20)21,10-11-2-4-12(17)5-3-11)19-14-8-6-13(18)7-9-14/h2-9,19H,10H2,1H3,(H,20,21). The highest BCUT2D eigenvalue weighted by Crippen LogP contribution is 2.23. The van der Waals surface area contributed by atoms with Gasteiger partial charge in [0.1, 0.15) is 5.54 Å². The molecule has 0 amide bonds. The fourth-order valence-corrected chi connectivity index (χ4v) is 2.56. The summed E-state index contributed by atoms with van der Waals surface area (Å²) in [6.07, 6.45) is 0.395. The average molecular weight is 413 g/mol. The van der Waals surface area contributed by atoms with Crippen LogP contribution in [0.2, 0.25) is 0 Å². The van der Waals surface area contributed by atoms with E-state index in [9.17, 15) is 9.90 Å². The van der Waals surface area contributed by atoms with E-state index in [2.05, 4.69) is 37.2 Å². The second-order valence-electron chi connectivity index (χ2n) is 5.07. The van der Waals surface area contributed by atoms with Crippen LogP contribution in [0.3, 0.4) is 0 Å². The topological polar surface area (TPSA) is 49.3 Å². The van der Waals surface area contributed by atoms with Crippen molar-refractivity contribution >= 4 is 43.5 Å². The van der Waals surface area contributed by atoms with E-state index in [-0.39, 0.29) is 0 Å². The second-order valence-corrected chi connectivity index (χ2v) is 6.90. The summed E-state index contributed by atoms with van der Waals surface area (Å²) in [5.74, 6) is -0.881. The van der Waals surface area contributed by atoms with Crippen LogP contribution in [0.1, 0.15) is 12.5 Å². The second kappa shape index (κ2) is 6.62. The number of carboxylic acids is 1. The van der Waals surface area contributed by atoms with Crippen molar-refractivity contribution in [3.63, 3.8) is 0 Å². The van der Waals surface area contributed by atoms with Gasteiger partial charge in [0.15, 0.2) is 0 Å². The Hall–Kier alpha value is -1.33. The molecule has 5 heteroatoms. The van der Waals surface area contributed by atoms with E-state index in [4.69, 9.17) is 0 Å². The van der Waals surface area contributed by atoms with Gasteiger partial charge < -0.3 is 10.4 Å². The quantitative estimate of drug-likeness (QED) is 0.747. The molecule has 0 saturated carbocycles. The first-order valence-electron chi connectivity index (χ1n) is 6.41. The van der Waals surface area contributed by atoms with Gasteiger partial charge in [-0.1, -0.05) is 44.0 Å². The molecule has 0 aliphatic rings. The number of rotatable bonds is 5. The number of carboxylic acid groups (broad SMARTS) is 1. The minimum absolute atomic E-state index is 0.395. The molecule has 110 valence electrons. The molecule has 2 aromatic carbocycles. The third kappa shape index (κ3) is 4.32. The first kappa shape index (κ1) is 16.0. The molecule has 1 atom stereocenters. The molecule has 2 rings (SSSR count). The molecule has 0 bridgehead atoms. The Balaban J connectivity index is 2.21. The third-order valence-electron chi connectivity index (χ3n) is 3.21. The summed E-state index contributed by atoms with van der Waals surface area (Å²) in [7, 11) is 0. The van der Waals surface area contributed by atoms with Crippen molar-refractivity contribution < 1.29 is 9.90 Å². The minimum atomic E-state index is -1.07. The van der Waals surface area contributed by atoms with Crippen LogP contribution in [-0.2, 0) is 11.2 Å². The molecule has 21 heavy (non-hydrogen) atoms. The largest absolute Gasteiger partial charge is 0.480 e. The summed E-state index contributed by atoms with van der Waals surface area (Å²) in [6.45, 7) is 1.69. The maximum absolute atomic E-state index is 11.7. The van der Waals surface area contributed by atoms with Crippen LogP contribution >= 0.6 is 31.9 Å². The van der Waals surface area contributed by atoms with Gasteiger partial charge in [-0.25, -0.2) is 4.79 Å². The number of nitrogens with one attached hydrogen (secondary N) is 1. The molecule has 0 spiro atoms. The van der Waals surface area contributed by atoms with Crippen LogP contribution in [0.4, 0.5) is 5.69 Å². The molecule has 0 aromatic heterocycles. The van der Waals surface area contributed by atoms with Crippen molar-refractivity contribution in [3.05, 3.63) is 63.0 Å². The molecular weight excluding hydrogens is 398 g/mol. The minimum Gasteiger partial charge on any atom is -0.480 e. The summed E-state index contributed by atoms with van der Waals surface area (Å²) >= 11 is 6.74. The van der Waals surface area contributed by atoms with Crippen LogP contribution in [0.15, 0.2) is 57.5 Å². The Morgan fingerprint density at radius 1 is 1.05 bits per heavy atom. The molecule has 0 aliphatic heterocycles. The predicted molar refractivity (Wildman–Crippen MR) is 91.7 cm³/mol. The van der Waals surface area contributed by atoms with Crippen LogP contribution in [0.5, 0.6) is 0 Å². The van der Waals surface area contributed by atoms with E-state index in [0.29, 0.717) is 6.42 Å². The highest BCUT2D eigenvalue weighted by atomic mass is 79.9. The fourth-order valence-electron chi connectivity index (χ4n) is 2.04. The Labute approximate surface area is 140 Å². The van der Waals surface area contributed by atoms with Crippen molar-refractivity contribution in [2.45, 2.75) is 18.9 Å². The molecular formula is C16H15Br2NO2. The lowest BCUT2D eigenvalue weighted by Gasteiger charge is -2.27. The van der Waals surface area contributed by atoms with Gasteiger partial charge in [-0.2, -0.15) is 0 Å². The maximum atomic E-state index is 11.7. The van der Waals surface area contributed by atoms with Crippen LogP contribution in [-0.4, -0.2) is 16.6 Å². The number of anilines is 1. The van der Waals surface area contributed by atoms with Crippen molar-refractivity contribution in [1.82, 2.24) is 0 Å². The Morgan fingerprint density at radius 2 is 1.52 bits per heavy atom. The zero-order valence-corrected chi connectivity index (χ0v) is 14.6. The molecule has 3 nitrogen and oxygen atoms in total. The molecule has 2 aromatic rings. The van der Waals surface area contributed by atoms with Gasteiger partial charge in [-0.05, 0) is 48.9 Å². The van der Waals surface area contributed by atoms with E-state index in [1.165, 1.54) is 0 Å². The van der Waals surface area contributed by atoms with E-state index < -0.39 is 11.5 Å². The number of hydrogen-bond acceptors (Lipinski definition) is 2. The Kier molecular flexibility index (Phi) is 5.06. The zero-order chi connectivity index (χ0) is 15.5. The normalized spacial score (nSPS) is 13.5. The maximum Gasteiger partial charge on any atom is 0.329 e. The first-order chi connectivity index (χ1) is 9.89. The predicted octanol–water partition coefficient (Wildman–Crippen LogP) is 4.71. The lowest BCUT2D eigenvalue weighted by atomic mass is 9.92. The van der Waals surface area contributed by atoms with Crippen LogP contribution in [0.25, 0.3) is 0 Å². The van der Waals surface area contributed by atoms with Crippen molar-refractivity contribution in [2.24, 2.45) is 0 Å². The first-order valence-corrected chi connectivity index (χ1v) is 7.99. The van der Waals surface area contributed by atoms with Gasteiger partial charge in [0.25, 0.3) is 0 Å². The van der Waals surface area contributed by atoms with Crippen molar-refractivity contribution in [1.29, 1.82) is 0 Å². The van der Waals surface area contributed by atoms with E-state index >= 15 is 0 Å². The number of carbonyl (C=O) groups is 1. The number of hydrogen-bond donors (Lipinski definition) is 2. The van der Waals surface area contributed by atoms with E-state index in [0.717, 1.165) is 20.2 Å². The van der Waals surface area contributed by atoms with Crippen molar-refractivity contribution in [3.8, 4) is 0 Å². The Bertz CT molecular complexity index is 576. The molecule has 0 fully saturated rings. The number of aliphatic carboxylic acids is 1. The molecule has 1 unspecified atom stereocenters. The van der Waals surface area contributed by atoms with E-state index in [1.54, 1.807) is 6.92 Å². The summed E-state index contributed by atoms with van der Waals surface area (Å²) in [5.41, 5.74) is 0.676. The van der Waals surface area contributed by atoms with Gasteiger partial charge in [-0.3, -0.25) is 0 Å². The molecule has 0 heterocycles. The highest BCUT2D eigenvalue weighted by molar-refractivity contribution is 9.10. The summed E-state index contributed by atoms with van der Waals surface area (Å²) in [6, 6.07) is 15.1. The molecule has 0 aliphatic carbocycles. The monoisotopic (exact) mass is 411 g/mol. The third-order valence-corrected chi connectivity index (χ3v) is 4.26. The summed E-state index contributed by atoms with van der Waals surface area (Å²) < 4.78 is 1.93. The average Bonchev–Trinajstić information content (AvgIpc) is 2.44. The van der Waals surface area contributed by atoms with Crippen molar-refractivity contribution in [2.75, 3.05) is 5.32 Å². The van der Waals surface area contributed by atoms with Gasteiger partial charge in [0, 0.05) is 21.1 Å².